The van der Waals surface area contributed by atoms with Crippen LogP contribution in [0, 0.1) is 13.8 Å². The number of halogens is 1. The zero-order valence-corrected chi connectivity index (χ0v) is 17.7. The van der Waals surface area contributed by atoms with Gasteiger partial charge in [-0.05, 0) is 68.9 Å². The molecule has 1 aliphatic heterocycles. The number of fused-ring (bicyclic) bond motifs is 2. The van der Waals surface area contributed by atoms with Crippen molar-refractivity contribution in [1.82, 2.24) is 9.80 Å². The number of nitrogens with zero attached hydrogens (tertiary/aromatic N) is 2. The Balaban J connectivity index is 1.97. The summed E-state index contributed by atoms with van der Waals surface area (Å²) in [6, 6.07) is 10.5. The van der Waals surface area contributed by atoms with Gasteiger partial charge in [0.1, 0.15) is 5.58 Å². The first-order chi connectivity index (χ1) is 13.8. The van der Waals surface area contributed by atoms with E-state index >= 15 is 0 Å². The Morgan fingerprint density at radius 2 is 1.83 bits per heavy atom. The molecule has 2 heterocycles. The van der Waals surface area contributed by atoms with E-state index in [0.29, 0.717) is 34.6 Å². The van der Waals surface area contributed by atoms with Gasteiger partial charge in [0.25, 0.3) is 5.91 Å². The van der Waals surface area contributed by atoms with Crippen molar-refractivity contribution in [2.24, 2.45) is 0 Å². The summed E-state index contributed by atoms with van der Waals surface area (Å²) < 4.78 is 6.01. The van der Waals surface area contributed by atoms with E-state index in [-0.39, 0.29) is 17.1 Å². The Kier molecular flexibility index (Phi) is 4.97. The molecule has 2 aromatic carbocycles. The summed E-state index contributed by atoms with van der Waals surface area (Å²) in [5.41, 5.74) is 3.52. The van der Waals surface area contributed by atoms with Gasteiger partial charge in [-0.15, -0.1) is 0 Å². The van der Waals surface area contributed by atoms with E-state index < -0.39 is 6.04 Å². The van der Waals surface area contributed by atoms with Crippen LogP contribution in [0.15, 0.2) is 45.6 Å². The predicted octanol–water partition coefficient (Wildman–Crippen LogP) is 4.17. The van der Waals surface area contributed by atoms with Gasteiger partial charge in [0.15, 0.2) is 5.43 Å². The molecule has 29 heavy (non-hydrogen) atoms. The Morgan fingerprint density at radius 1 is 1.10 bits per heavy atom. The lowest BCUT2D eigenvalue weighted by Gasteiger charge is -2.26. The number of hydrogen-bond acceptors (Lipinski definition) is 4. The van der Waals surface area contributed by atoms with Gasteiger partial charge < -0.3 is 14.2 Å². The predicted molar refractivity (Wildman–Crippen MR) is 115 cm³/mol. The summed E-state index contributed by atoms with van der Waals surface area (Å²) in [4.78, 5) is 30.5. The molecule has 1 aliphatic rings. The van der Waals surface area contributed by atoms with Gasteiger partial charge in [0.05, 0.1) is 17.0 Å². The highest BCUT2D eigenvalue weighted by Crippen LogP contribution is 2.38. The Hall–Kier alpha value is -2.63. The van der Waals surface area contributed by atoms with Crippen LogP contribution in [0.1, 0.15) is 38.9 Å². The molecule has 150 valence electrons. The molecule has 0 fully saturated rings. The van der Waals surface area contributed by atoms with E-state index in [1.165, 1.54) is 0 Å². The molecule has 0 spiro atoms. The van der Waals surface area contributed by atoms with Crippen LogP contribution in [0.4, 0.5) is 0 Å². The standard InChI is InChI=1S/C23H23ClN2O3/c1-13-10-17-18(11-14(13)2)29-22-19(21(17)27)20(15-6-5-7-16(24)12-15)26(23(22)28)9-8-25(3)4/h5-7,10-12,20H,8-9H2,1-4H3. The van der Waals surface area contributed by atoms with Gasteiger partial charge in [0.2, 0.25) is 5.76 Å². The van der Waals surface area contributed by atoms with Crippen molar-refractivity contribution in [3.05, 3.63) is 79.7 Å². The van der Waals surface area contributed by atoms with Crippen molar-refractivity contribution in [3.63, 3.8) is 0 Å². The van der Waals surface area contributed by atoms with Crippen molar-refractivity contribution in [2.45, 2.75) is 19.9 Å². The maximum absolute atomic E-state index is 13.5. The molecular formula is C23H23ClN2O3. The molecule has 1 atom stereocenters. The van der Waals surface area contributed by atoms with E-state index in [1.807, 2.05) is 57.1 Å². The van der Waals surface area contributed by atoms with Gasteiger partial charge in [-0.3, -0.25) is 9.59 Å². The fraction of sp³-hybridized carbons (Fsp3) is 0.304. The third kappa shape index (κ3) is 3.34. The number of likely N-dealkylation sites (N-methyl/N-ethyl adjacent to an activating group) is 1. The first-order valence-corrected chi connectivity index (χ1v) is 9.95. The topological polar surface area (TPSA) is 53.8 Å². The summed E-state index contributed by atoms with van der Waals surface area (Å²) in [5.74, 6) is -0.126. The Morgan fingerprint density at radius 3 is 2.52 bits per heavy atom. The maximum Gasteiger partial charge on any atom is 0.290 e. The minimum absolute atomic E-state index is 0.134. The van der Waals surface area contributed by atoms with E-state index in [1.54, 1.807) is 17.0 Å². The Bertz CT molecular complexity index is 1180. The molecule has 1 unspecified atom stereocenters. The molecule has 1 aromatic heterocycles. The molecule has 4 rings (SSSR count). The molecule has 0 N–H and O–H groups in total. The SMILES string of the molecule is Cc1cc2oc3c(c(=O)c2cc1C)C(c1cccc(Cl)c1)N(CCN(C)C)C3=O. The van der Waals surface area contributed by atoms with Crippen molar-refractivity contribution in [3.8, 4) is 0 Å². The monoisotopic (exact) mass is 410 g/mol. The van der Waals surface area contributed by atoms with Crippen LogP contribution >= 0.6 is 11.6 Å². The first kappa shape index (κ1) is 19.7. The normalized spacial score (nSPS) is 16.1. The van der Waals surface area contributed by atoms with Gasteiger partial charge in [-0.1, -0.05) is 23.7 Å². The fourth-order valence-electron chi connectivity index (χ4n) is 3.84. The van der Waals surface area contributed by atoms with Crippen LogP contribution in [-0.4, -0.2) is 42.9 Å². The van der Waals surface area contributed by atoms with Crippen LogP contribution in [0.25, 0.3) is 11.0 Å². The lowest BCUT2D eigenvalue weighted by molar-refractivity contribution is 0.0716. The number of carbonyl (C=O) groups excluding carboxylic acids is 1. The Labute approximate surface area is 174 Å². The molecule has 0 radical (unpaired) electrons. The summed E-state index contributed by atoms with van der Waals surface area (Å²) in [5, 5.41) is 1.06. The van der Waals surface area contributed by atoms with Crippen molar-refractivity contribution in [2.75, 3.05) is 27.2 Å². The number of rotatable bonds is 4. The second kappa shape index (κ2) is 7.32. The lowest BCUT2D eigenvalue weighted by Crippen LogP contribution is -2.35. The summed E-state index contributed by atoms with van der Waals surface area (Å²) in [6.45, 7) is 5.07. The zero-order valence-electron chi connectivity index (χ0n) is 17.0. The average molecular weight is 411 g/mol. The zero-order chi connectivity index (χ0) is 20.9. The molecule has 5 nitrogen and oxygen atoms in total. The molecule has 1 amide bonds. The number of hydrogen-bond donors (Lipinski definition) is 0. The van der Waals surface area contributed by atoms with Crippen LogP contribution < -0.4 is 5.43 Å². The second-order valence-corrected chi connectivity index (χ2v) is 8.30. The largest absolute Gasteiger partial charge is 0.450 e. The van der Waals surface area contributed by atoms with Crippen LogP contribution in [0.2, 0.25) is 5.02 Å². The van der Waals surface area contributed by atoms with E-state index in [4.69, 9.17) is 16.0 Å². The molecule has 0 aliphatic carbocycles. The molecule has 0 bridgehead atoms. The van der Waals surface area contributed by atoms with Crippen LogP contribution in [0.3, 0.4) is 0 Å². The van der Waals surface area contributed by atoms with Gasteiger partial charge in [0, 0.05) is 18.1 Å². The average Bonchev–Trinajstić information content (AvgIpc) is 2.94. The molecular weight excluding hydrogens is 388 g/mol. The summed E-state index contributed by atoms with van der Waals surface area (Å²) >= 11 is 6.22. The maximum atomic E-state index is 13.5. The van der Waals surface area contributed by atoms with Gasteiger partial charge in [-0.25, -0.2) is 0 Å². The van der Waals surface area contributed by atoms with E-state index in [9.17, 15) is 9.59 Å². The van der Waals surface area contributed by atoms with Crippen molar-refractivity contribution >= 4 is 28.5 Å². The molecule has 0 saturated heterocycles. The summed E-state index contributed by atoms with van der Waals surface area (Å²) in [7, 11) is 3.90. The minimum Gasteiger partial charge on any atom is -0.450 e. The van der Waals surface area contributed by atoms with E-state index in [0.717, 1.165) is 16.7 Å². The highest BCUT2D eigenvalue weighted by atomic mass is 35.5. The van der Waals surface area contributed by atoms with Crippen molar-refractivity contribution < 1.29 is 9.21 Å². The number of benzene rings is 2. The number of amides is 1. The summed E-state index contributed by atoms with van der Waals surface area (Å²) in [6.07, 6.45) is 0. The smallest absolute Gasteiger partial charge is 0.290 e. The quantitative estimate of drug-likeness (QED) is 0.647. The first-order valence-electron chi connectivity index (χ1n) is 9.57. The second-order valence-electron chi connectivity index (χ2n) is 7.87. The fourth-order valence-corrected chi connectivity index (χ4v) is 4.04. The third-order valence-corrected chi connectivity index (χ3v) is 5.77. The number of aryl methyl sites for hydroxylation is 2. The van der Waals surface area contributed by atoms with Gasteiger partial charge in [-0.2, -0.15) is 0 Å². The van der Waals surface area contributed by atoms with Crippen molar-refractivity contribution in [1.29, 1.82) is 0 Å². The van der Waals surface area contributed by atoms with Crippen LogP contribution in [-0.2, 0) is 0 Å². The van der Waals surface area contributed by atoms with E-state index in [2.05, 4.69) is 0 Å². The third-order valence-electron chi connectivity index (χ3n) is 5.53. The number of carbonyl (C=O) groups is 1. The molecule has 6 heteroatoms. The van der Waals surface area contributed by atoms with Gasteiger partial charge >= 0.3 is 0 Å². The minimum atomic E-state index is -0.515. The highest BCUT2D eigenvalue weighted by molar-refractivity contribution is 6.30. The molecule has 0 saturated carbocycles. The highest BCUT2D eigenvalue weighted by Gasteiger charge is 2.42. The van der Waals surface area contributed by atoms with Crippen LogP contribution in [0.5, 0.6) is 0 Å². The molecule has 3 aromatic rings. The lowest BCUT2D eigenvalue weighted by atomic mass is 9.97.